The van der Waals surface area contributed by atoms with Crippen LogP contribution in [0.5, 0.6) is 0 Å². The summed E-state index contributed by atoms with van der Waals surface area (Å²) in [5, 5.41) is 9.48. The zero-order valence-electron chi connectivity index (χ0n) is 24.2. The zero-order valence-corrected chi connectivity index (χ0v) is 25.1. The SMILES string of the molecule is Cn1c(CCc2ccc(C(=N)N)cc2)nc2cc(N(CCN3CCOCC3)S(=O)(=O)c3ccc4ccccc4c3)ccc21. The normalized spacial score (nSPS) is 14.3. The summed E-state index contributed by atoms with van der Waals surface area (Å²) >= 11 is 0. The molecule has 1 saturated heterocycles. The Hall–Kier alpha value is -4.25. The number of nitrogens with two attached hydrogens (primary N) is 1. The van der Waals surface area contributed by atoms with Crippen molar-refractivity contribution in [3.8, 4) is 0 Å². The summed E-state index contributed by atoms with van der Waals surface area (Å²) < 4.78 is 37.5. The minimum atomic E-state index is -3.86. The van der Waals surface area contributed by atoms with Gasteiger partial charge in [-0.15, -0.1) is 0 Å². The third-order valence-electron chi connectivity index (χ3n) is 8.18. The Morgan fingerprint density at radius 3 is 2.44 bits per heavy atom. The number of aromatic nitrogens is 2. The topological polar surface area (TPSA) is 118 Å². The summed E-state index contributed by atoms with van der Waals surface area (Å²) in [6.07, 6.45) is 1.50. The molecule has 6 rings (SSSR count). The highest BCUT2D eigenvalue weighted by atomic mass is 32.2. The van der Waals surface area contributed by atoms with Crippen LogP contribution >= 0.6 is 0 Å². The Morgan fingerprint density at radius 1 is 0.953 bits per heavy atom. The predicted molar refractivity (Wildman–Crippen MR) is 171 cm³/mol. The van der Waals surface area contributed by atoms with Crippen molar-refractivity contribution in [3.63, 3.8) is 0 Å². The van der Waals surface area contributed by atoms with Crippen LogP contribution in [0.2, 0.25) is 0 Å². The summed E-state index contributed by atoms with van der Waals surface area (Å²) in [5.74, 6) is 0.972. The van der Waals surface area contributed by atoms with Crippen LogP contribution in [0.3, 0.4) is 0 Å². The van der Waals surface area contributed by atoms with Gasteiger partial charge in [-0.05, 0) is 53.1 Å². The van der Waals surface area contributed by atoms with Gasteiger partial charge < -0.3 is 15.0 Å². The first-order valence-electron chi connectivity index (χ1n) is 14.5. The number of hydrogen-bond donors (Lipinski definition) is 2. The summed E-state index contributed by atoms with van der Waals surface area (Å²) in [7, 11) is -1.87. The third-order valence-corrected chi connectivity index (χ3v) is 10.0. The maximum absolute atomic E-state index is 14.2. The second-order valence-corrected chi connectivity index (χ2v) is 12.8. The molecule has 1 aliphatic rings. The highest BCUT2D eigenvalue weighted by Gasteiger charge is 2.27. The van der Waals surface area contributed by atoms with E-state index in [1.807, 2.05) is 79.8 Å². The van der Waals surface area contributed by atoms with Crippen LogP contribution in [0.15, 0.2) is 89.8 Å². The van der Waals surface area contributed by atoms with Gasteiger partial charge >= 0.3 is 0 Å². The zero-order chi connectivity index (χ0) is 30.0. The number of imidazole rings is 1. The van der Waals surface area contributed by atoms with Gasteiger partial charge in [0.05, 0.1) is 34.8 Å². The molecule has 0 spiro atoms. The summed E-state index contributed by atoms with van der Waals surface area (Å²) in [4.78, 5) is 7.43. The van der Waals surface area contributed by atoms with E-state index in [-0.39, 0.29) is 10.7 Å². The maximum atomic E-state index is 14.2. The molecular weight excluding hydrogens is 560 g/mol. The lowest BCUT2D eigenvalue weighted by molar-refractivity contribution is 0.0395. The Balaban J connectivity index is 1.30. The second kappa shape index (κ2) is 12.2. The van der Waals surface area contributed by atoms with Crippen LogP contribution in [0.4, 0.5) is 5.69 Å². The summed E-state index contributed by atoms with van der Waals surface area (Å²) in [6.45, 7) is 3.79. The summed E-state index contributed by atoms with van der Waals surface area (Å²) in [5.41, 5.74) is 9.72. The van der Waals surface area contributed by atoms with E-state index in [9.17, 15) is 8.42 Å². The number of amidine groups is 1. The van der Waals surface area contributed by atoms with Crippen molar-refractivity contribution in [3.05, 3.63) is 102 Å². The Morgan fingerprint density at radius 2 is 1.70 bits per heavy atom. The van der Waals surface area contributed by atoms with Crippen molar-refractivity contribution in [1.29, 1.82) is 5.41 Å². The van der Waals surface area contributed by atoms with E-state index in [1.165, 1.54) is 4.31 Å². The van der Waals surface area contributed by atoms with Gasteiger partial charge in [0.2, 0.25) is 0 Å². The molecule has 0 amide bonds. The molecule has 1 aromatic heterocycles. The van der Waals surface area contributed by atoms with E-state index in [1.54, 1.807) is 12.1 Å². The highest BCUT2D eigenvalue weighted by Crippen LogP contribution is 2.29. The number of nitrogens with one attached hydrogen (secondary N) is 1. The van der Waals surface area contributed by atoms with Crippen molar-refractivity contribution in [2.75, 3.05) is 43.7 Å². The number of nitrogen functional groups attached to an aromatic ring is 1. The average molecular weight is 597 g/mol. The number of benzene rings is 4. The molecule has 0 unspecified atom stereocenters. The van der Waals surface area contributed by atoms with E-state index in [0.29, 0.717) is 37.6 Å². The van der Waals surface area contributed by atoms with Crippen molar-refractivity contribution in [1.82, 2.24) is 14.5 Å². The fourth-order valence-electron chi connectivity index (χ4n) is 5.62. The molecule has 0 bridgehead atoms. The van der Waals surface area contributed by atoms with Crippen LogP contribution < -0.4 is 10.0 Å². The first-order valence-corrected chi connectivity index (χ1v) is 15.9. The Bertz CT molecular complexity index is 1880. The molecule has 5 aromatic rings. The predicted octanol–water partition coefficient (Wildman–Crippen LogP) is 4.32. The van der Waals surface area contributed by atoms with E-state index in [0.717, 1.165) is 59.1 Å². The molecule has 2 heterocycles. The first-order chi connectivity index (χ1) is 20.8. The molecule has 0 saturated carbocycles. The molecule has 1 fully saturated rings. The van der Waals surface area contributed by atoms with Crippen LogP contribution in [0.25, 0.3) is 21.8 Å². The van der Waals surface area contributed by atoms with Crippen molar-refractivity contribution < 1.29 is 13.2 Å². The molecule has 9 nitrogen and oxygen atoms in total. The number of morpholine rings is 1. The van der Waals surface area contributed by atoms with Gasteiger partial charge in [-0.3, -0.25) is 14.6 Å². The van der Waals surface area contributed by atoms with Crippen LogP contribution in [-0.2, 0) is 34.6 Å². The number of ether oxygens (including phenoxy) is 1. The molecule has 0 atom stereocenters. The number of nitrogens with zero attached hydrogens (tertiary/aromatic N) is 4. The van der Waals surface area contributed by atoms with Gasteiger partial charge in [-0.1, -0.05) is 54.6 Å². The van der Waals surface area contributed by atoms with E-state index < -0.39 is 10.0 Å². The van der Waals surface area contributed by atoms with Gasteiger partial charge in [-0.25, -0.2) is 13.4 Å². The van der Waals surface area contributed by atoms with Crippen LogP contribution in [0, 0.1) is 5.41 Å². The van der Waals surface area contributed by atoms with Crippen LogP contribution in [0.1, 0.15) is 17.0 Å². The van der Waals surface area contributed by atoms with Gasteiger partial charge in [0.15, 0.2) is 0 Å². The number of hydrogen-bond acceptors (Lipinski definition) is 6. The smallest absolute Gasteiger partial charge is 0.264 e. The fraction of sp³-hybridized carbons (Fsp3) is 0.273. The van der Waals surface area contributed by atoms with E-state index in [4.69, 9.17) is 20.9 Å². The van der Waals surface area contributed by atoms with Gasteiger partial charge in [0.25, 0.3) is 10.0 Å². The molecule has 3 N–H and O–H groups in total. The standard InChI is InChI=1S/C33H36N6O3S/c1-37-31-14-12-28(23-30(31)36-32(37)15-8-24-6-9-26(10-7-24)33(34)35)39(17-16-38-18-20-42-21-19-38)43(40,41)29-13-11-25-4-2-3-5-27(25)22-29/h2-7,9-14,22-23H,8,15-21H2,1H3,(H3,34,35). The molecule has 43 heavy (non-hydrogen) atoms. The molecule has 1 aliphatic heterocycles. The van der Waals surface area contributed by atoms with Crippen molar-refractivity contribution in [2.24, 2.45) is 12.8 Å². The Kier molecular flexibility index (Phi) is 8.16. The molecular formula is C33H36N6O3S. The lowest BCUT2D eigenvalue weighted by Gasteiger charge is -2.30. The average Bonchev–Trinajstić information content (AvgIpc) is 3.34. The number of rotatable bonds is 10. The molecule has 0 aliphatic carbocycles. The molecule has 4 aromatic carbocycles. The number of fused-ring (bicyclic) bond motifs is 2. The Labute approximate surface area is 252 Å². The van der Waals surface area contributed by atoms with Crippen molar-refractivity contribution in [2.45, 2.75) is 17.7 Å². The number of aryl methyl sites for hydroxylation is 3. The van der Waals surface area contributed by atoms with Crippen molar-refractivity contribution >= 4 is 43.4 Å². The first kappa shape index (κ1) is 28.9. The highest BCUT2D eigenvalue weighted by molar-refractivity contribution is 7.92. The second-order valence-electron chi connectivity index (χ2n) is 10.9. The van der Waals surface area contributed by atoms with Gasteiger partial charge in [0, 0.05) is 45.2 Å². The minimum Gasteiger partial charge on any atom is -0.384 e. The third kappa shape index (κ3) is 6.13. The summed E-state index contributed by atoms with van der Waals surface area (Å²) in [6, 6.07) is 26.5. The largest absolute Gasteiger partial charge is 0.384 e. The molecule has 10 heteroatoms. The lowest BCUT2D eigenvalue weighted by Crippen LogP contribution is -2.43. The number of anilines is 1. The monoisotopic (exact) mass is 596 g/mol. The van der Waals surface area contributed by atoms with Crippen LogP contribution in [-0.4, -0.2) is 68.1 Å². The fourth-order valence-corrected chi connectivity index (χ4v) is 7.11. The van der Waals surface area contributed by atoms with E-state index in [2.05, 4.69) is 9.47 Å². The van der Waals surface area contributed by atoms with E-state index >= 15 is 0 Å². The lowest BCUT2D eigenvalue weighted by atomic mass is 10.1. The van der Waals surface area contributed by atoms with Gasteiger partial charge in [-0.2, -0.15) is 0 Å². The number of sulfonamides is 1. The maximum Gasteiger partial charge on any atom is 0.264 e. The minimum absolute atomic E-state index is 0.0549. The molecule has 0 radical (unpaired) electrons. The molecule has 222 valence electrons. The van der Waals surface area contributed by atoms with Gasteiger partial charge in [0.1, 0.15) is 11.7 Å². The quantitative estimate of drug-likeness (QED) is 0.183.